The lowest BCUT2D eigenvalue weighted by atomic mass is 10.4. The zero-order valence-corrected chi connectivity index (χ0v) is 11.4. The molecule has 5 heteroatoms. The van der Waals surface area contributed by atoms with Gasteiger partial charge in [0.1, 0.15) is 0 Å². The largest absolute Gasteiger partial charge is 0.296 e. The topological polar surface area (TPSA) is 43.4 Å². The molecule has 3 nitrogen and oxygen atoms in total. The van der Waals surface area contributed by atoms with Crippen LogP contribution >= 0.6 is 11.8 Å². The van der Waals surface area contributed by atoms with Crippen molar-refractivity contribution in [1.82, 2.24) is 0 Å². The number of rotatable bonds is 4. The first-order chi connectivity index (χ1) is 8.62. The van der Waals surface area contributed by atoms with Crippen molar-refractivity contribution in [2.75, 3.05) is 7.11 Å². The standard InChI is InChI=1S/C13H12O3S2/c1-16-18(14,15)13-9-5-8-12(10-13)17-11-6-3-2-4-7-11/h2-10H,1H3. The molecule has 0 atom stereocenters. The van der Waals surface area contributed by atoms with Crippen molar-refractivity contribution >= 4 is 21.9 Å². The van der Waals surface area contributed by atoms with E-state index in [0.717, 1.165) is 16.9 Å². The Labute approximate surface area is 111 Å². The van der Waals surface area contributed by atoms with Crippen molar-refractivity contribution in [2.24, 2.45) is 0 Å². The molecule has 0 aliphatic rings. The van der Waals surface area contributed by atoms with Gasteiger partial charge >= 0.3 is 0 Å². The summed E-state index contributed by atoms with van der Waals surface area (Å²) >= 11 is 1.51. The van der Waals surface area contributed by atoms with Crippen LogP contribution in [0.2, 0.25) is 0 Å². The SMILES string of the molecule is COS(=O)(=O)c1cccc(Sc2ccccc2)c1. The van der Waals surface area contributed by atoms with Crippen molar-refractivity contribution in [3.05, 3.63) is 54.6 Å². The van der Waals surface area contributed by atoms with E-state index in [4.69, 9.17) is 0 Å². The summed E-state index contributed by atoms with van der Waals surface area (Å²) in [6, 6.07) is 16.5. The average molecular weight is 280 g/mol. The Kier molecular flexibility index (Phi) is 4.06. The van der Waals surface area contributed by atoms with Gasteiger partial charge in [-0.1, -0.05) is 36.0 Å². The van der Waals surface area contributed by atoms with E-state index < -0.39 is 10.1 Å². The minimum atomic E-state index is -3.63. The molecular formula is C13H12O3S2. The van der Waals surface area contributed by atoms with Crippen LogP contribution in [0.4, 0.5) is 0 Å². The van der Waals surface area contributed by atoms with E-state index in [9.17, 15) is 8.42 Å². The molecule has 2 rings (SSSR count). The highest BCUT2D eigenvalue weighted by molar-refractivity contribution is 7.99. The third kappa shape index (κ3) is 3.13. The third-order valence-electron chi connectivity index (χ3n) is 2.29. The summed E-state index contributed by atoms with van der Waals surface area (Å²) < 4.78 is 27.6. The maximum absolute atomic E-state index is 11.6. The molecule has 0 fully saturated rings. The molecule has 0 amide bonds. The lowest BCUT2D eigenvalue weighted by molar-refractivity contribution is 0.397. The lowest BCUT2D eigenvalue weighted by Gasteiger charge is -2.05. The second-order valence-corrected chi connectivity index (χ2v) is 6.37. The summed E-state index contributed by atoms with van der Waals surface area (Å²) in [5.74, 6) is 0. The van der Waals surface area contributed by atoms with Crippen molar-refractivity contribution in [1.29, 1.82) is 0 Å². The second-order valence-electron chi connectivity index (χ2n) is 3.51. The molecule has 0 unspecified atom stereocenters. The third-order valence-corrected chi connectivity index (χ3v) is 4.56. The van der Waals surface area contributed by atoms with Crippen LogP contribution < -0.4 is 0 Å². The van der Waals surface area contributed by atoms with Gasteiger partial charge < -0.3 is 0 Å². The van der Waals surface area contributed by atoms with Crippen LogP contribution in [0.25, 0.3) is 0 Å². The van der Waals surface area contributed by atoms with Crippen LogP contribution in [0.1, 0.15) is 0 Å². The highest BCUT2D eigenvalue weighted by Gasteiger charge is 2.13. The lowest BCUT2D eigenvalue weighted by Crippen LogP contribution is -2.02. The molecule has 0 aromatic heterocycles. The summed E-state index contributed by atoms with van der Waals surface area (Å²) in [6.07, 6.45) is 0. The molecule has 0 saturated carbocycles. The van der Waals surface area contributed by atoms with Crippen LogP contribution in [0, 0.1) is 0 Å². The number of hydrogen-bond donors (Lipinski definition) is 0. The van der Waals surface area contributed by atoms with Gasteiger partial charge in [-0.2, -0.15) is 8.42 Å². The average Bonchev–Trinajstić information content (AvgIpc) is 2.40. The van der Waals surface area contributed by atoms with Gasteiger partial charge in [0, 0.05) is 9.79 Å². The predicted molar refractivity (Wildman–Crippen MR) is 71.2 cm³/mol. The van der Waals surface area contributed by atoms with Crippen molar-refractivity contribution in [3.8, 4) is 0 Å². The molecule has 0 aliphatic carbocycles. The Balaban J connectivity index is 2.29. The van der Waals surface area contributed by atoms with Gasteiger partial charge in [-0.25, -0.2) is 0 Å². The monoisotopic (exact) mass is 280 g/mol. The Morgan fingerprint density at radius 1 is 0.944 bits per heavy atom. The molecule has 2 aromatic rings. The minimum absolute atomic E-state index is 0.172. The predicted octanol–water partition coefficient (Wildman–Crippen LogP) is 3.17. The van der Waals surface area contributed by atoms with E-state index in [2.05, 4.69) is 4.18 Å². The molecule has 0 aliphatic heterocycles. The molecule has 0 N–H and O–H groups in total. The van der Waals surface area contributed by atoms with Crippen molar-refractivity contribution < 1.29 is 12.6 Å². The molecule has 0 heterocycles. The van der Waals surface area contributed by atoms with Crippen LogP contribution in [0.15, 0.2) is 69.3 Å². The summed E-state index contributed by atoms with van der Waals surface area (Å²) in [7, 11) is -2.47. The van der Waals surface area contributed by atoms with Gasteiger partial charge in [0.15, 0.2) is 0 Å². The van der Waals surface area contributed by atoms with Gasteiger partial charge in [0.05, 0.1) is 12.0 Å². The second kappa shape index (κ2) is 5.56. The van der Waals surface area contributed by atoms with E-state index >= 15 is 0 Å². The zero-order chi connectivity index (χ0) is 13.0. The zero-order valence-electron chi connectivity index (χ0n) is 9.74. The maximum Gasteiger partial charge on any atom is 0.296 e. The molecular weight excluding hydrogens is 268 g/mol. The minimum Gasteiger partial charge on any atom is -0.270 e. The van der Waals surface area contributed by atoms with Crippen LogP contribution in [-0.2, 0) is 14.3 Å². The fourth-order valence-corrected chi connectivity index (χ4v) is 3.10. The van der Waals surface area contributed by atoms with Gasteiger partial charge in [-0.3, -0.25) is 4.18 Å². The van der Waals surface area contributed by atoms with Gasteiger partial charge in [0.2, 0.25) is 0 Å². The maximum atomic E-state index is 11.6. The Morgan fingerprint density at radius 3 is 2.28 bits per heavy atom. The Hall–Kier alpha value is -1.30. The first-order valence-corrected chi connectivity index (χ1v) is 7.48. The van der Waals surface area contributed by atoms with Gasteiger partial charge in [0.25, 0.3) is 10.1 Å². The molecule has 2 aromatic carbocycles. The summed E-state index contributed by atoms with van der Waals surface area (Å²) in [5, 5.41) is 0. The number of benzene rings is 2. The molecule has 94 valence electrons. The van der Waals surface area contributed by atoms with Crippen LogP contribution in [0.5, 0.6) is 0 Å². The quantitative estimate of drug-likeness (QED) is 0.807. The smallest absolute Gasteiger partial charge is 0.270 e. The first kappa shape index (κ1) is 13.1. The van der Waals surface area contributed by atoms with Crippen LogP contribution in [0.3, 0.4) is 0 Å². The summed E-state index contributed by atoms with van der Waals surface area (Å²) in [5.41, 5.74) is 0. The van der Waals surface area contributed by atoms with E-state index in [1.54, 1.807) is 12.1 Å². The Morgan fingerprint density at radius 2 is 1.61 bits per heavy atom. The molecule has 0 bridgehead atoms. The van der Waals surface area contributed by atoms with Crippen molar-refractivity contribution in [3.63, 3.8) is 0 Å². The van der Waals surface area contributed by atoms with Crippen molar-refractivity contribution in [2.45, 2.75) is 14.7 Å². The van der Waals surface area contributed by atoms with E-state index in [-0.39, 0.29) is 4.90 Å². The fraction of sp³-hybridized carbons (Fsp3) is 0.0769. The van der Waals surface area contributed by atoms with E-state index in [1.165, 1.54) is 17.8 Å². The van der Waals surface area contributed by atoms with E-state index in [0.29, 0.717) is 0 Å². The van der Waals surface area contributed by atoms with Gasteiger partial charge in [-0.15, -0.1) is 0 Å². The normalized spacial score (nSPS) is 11.4. The van der Waals surface area contributed by atoms with Gasteiger partial charge in [-0.05, 0) is 30.3 Å². The summed E-state index contributed by atoms with van der Waals surface area (Å²) in [4.78, 5) is 2.09. The highest BCUT2D eigenvalue weighted by atomic mass is 32.2. The first-order valence-electron chi connectivity index (χ1n) is 5.25. The molecule has 18 heavy (non-hydrogen) atoms. The Bertz CT molecular complexity index is 622. The van der Waals surface area contributed by atoms with Crippen LogP contribution in [-0.4, -0.2) is 15.5 Å². The summed E-state index contributed by atoms with van der Waals surface area (Å²) in [6.45, 7) is 0. The van der Waals surface area contributed by atoms with E-state index in [1.807, 2.05) is 36.4 Å². The molecule has 0 spiro atoms. The molecule has 0 radical (unpaired) electrons. The fourth-order valence-electron chi connectivity index (χ4n) is 1.41. The highest BCUT2D eigenvalue weighted by Crippen LogP contribution is 2.29. The molecule has 0 saturated heterocycles. The number of hydrogen-bond acceptors (Lipinski definition) is 4.